The van der Waals surface area contributed by atoms with Crippen LogP contribution in [0.3, 0.4) is 0 Å². The Hall–Kier alpha value is -2.49. The monoisotopic (exact) mass is 256 g/mol. The third-order valence-electron chi connectivity index (χ3n) is 2.90. The zero-order valence-electron chi connectivity index (χ0n) is 9.90. The van der Waals surface area contributed by atoms with Crippen LogP contribution >= 0.6 is 0 Å². The zero-order valence-corrected chi connectivity index (χ0v) is 9.90. The second-order valence-corrected chi connectivity index (χ2v) is 4.12. The molecular formula is C15H10F2N2. The third kappa shape index (κ3) is 2.12. The van der Waals surface area contributed by atoms with Crippen molar-refractivity contribution in [3.8, 4) is 22.4 Å². The van der Waals surface area contributed by atoms with Gasteiger partial charge in [0, 0.05) is 41.3 Å². The number of hydrogen-bond acceptors (Lipinski definition) is 1. The molecule has 0 atom stereocenters. The summed E-state index contributed by atoms with van der Waals surface area (Å²) in [6, 6.07) is 9.02. The van der Waals surface area contributed by atoms with Crippen molar-refractivity contribution in [3.05, 3.63) is 66.6 Å². The van der Waals surface area contributed by atoms with Gasteiger partial charge in [-0.1, -0.05) is 6.07 Å². The molecule has 2 heterocycles. The summed E-state index contributed by atoms with van der Waals surface area (Å²) in [4.78, 5) is 7.17. The average molecular weight is 256 g/mol. The molecule has 1 aromatic carbocycles. The molecule has 3 aromatic rings. The molecule has 0 aliphatic rings. The highest BCUT2D eigenvalue weighted by Gasteiger charge is 2.13. The molecule has 3 rings (SSSR count). The predicted octanol–water partition coefficient (Wildman–Crippen LogP) is 4.02. The lowest BCUT2D eigenvalue weighted by Crippen LogP contribution is -1.92. The zero-order chi connectivity index (χ0) is 13.2. The van der Waals surface area contributed by atoms with E-state index in [1.54, 1.807) is 18.5 Å². The molecule has 94 valence electrons. The maximum absolute atomic E-state index is 13.9. The van der Waals surface area contributed by atoms with E-state index in [1.165, 1.54) is 12.1 Å². The maximum Gasteiger partial charge on any atom is 0.135 e. The summed E-state index contributed by atoms with van der Waals surface area (Å²) < 4.78 is 26.8. The molecule has 19 heavy (non-hydrogen) atoms. The number of nitrogens with zero attached hydrogens (tertiary/aromatic N) is 1. The van der Waals surface area contributed by atoms with Gasteiger partial charge in [-0.25, -0.2) is 8.78 Å². The highest BCUT2D eigenvalue weighted by molar-refractivity contribution is 5.80. The van der Waals surface area contributed by atoms with E-state index in [4.69, 9.17) is 0 Å². The maximum atomic E-state index is 13.9. The molecule has 4 heteroatoms. The minimum atomic E-state index is -0.615. The quantitative estimate of drug-likeness (QED) is 0.737. The van der Waals surface area contributed by atoms with Crippen molar-refractivity contribution in [2.45, 2.75) is 0 Å². The first kappa shape index (κ1) is 11.6. The molecule has 0 amide bonds. The molecule has 0 aliphatic heterocycles. The molecule has 0 spiro atoms. The number of halogens is 2. The van der Waals surface area contributed by atoms with Crippen molar-refractivity contribution >= 4 is 0 Å². The smallest absolute Gasteiger partial charge is 0.135 e. The van der Waals surface area contributed by atoms with E-state index in [2.05, 4.69) is 9.97 Å². The van der Waals surface area contributed by atoms with Gasteiger partial charge in [-0.15, -0.1) is 0 Å². The van der Waals surface area contributed by atoms with E-state index in [1.807, 2.05) is 18.3 Å². The molecule has 0 aliphatic carbocycles. The number of aromatic amines is 1. The van der Waals surface area contributed by atoms with Gasteiger partial charge in [0.05, 0.1) is 5.69 Å². The lowest BCUT2D eigenvalue weighted by atomic mass is 10.0. The molecule has 1 N–H and O–H groups in total. The number of nitrogens with one attached hydrogen (secondary N) is 1. The van der Waals surface area contributed by atoms with E-state index in [9.17, 15) is 8.78 Å². The Bertz CT molecular complexity index is 706. The van der Waals surface area contributed by atoms with E-state index in [0.29, 0.717) is 11.3 Å². The Labute approximate surface area is 108 Å². The fraction of sp³-hybridized carbons (Fsp3) is 0. The summed E-state index contributed by atoms with van der Waals surface area (Å²) in [5.74, 6) is -1.21. The van der Waals surface area contributed by atoms with E-state index in [0.717, 1.165) is 17.2 Å². The van der Waals surface area contributed by atoms with E-state index >= 15 is 0 Å². The van der Waals surface area contributed by atoms with Crippen LogP contribution in [0, 0.1) is 11.6 Å². The average Bonchev–Trinajstić information content (AvgIpc) is 2.93. The molecule has 0 unspecified atom stereocenters. The van der Waals surface area contributed by atoms with Crippen LogP contribution in [-0.4, -0.2) is 9.97 Å². The molecule has 2 aromatic heterocycles. The Morgan fingerprint density at radius 1 is 1.00 bits per heavy atom. The van der Waals surface area contributed by atoms with Crippen molar-refractivity contribution in [2.24, 2.45) is 0 Å². The minimum Gasteiger partial charge on any atom is -0.367 e. The molecule has 0 bridgehead atoms. The van der Waals surface area contributed by atoms with Gasteiger partial charge < -0.3 is 4.98 Å². The SMILES string of the molecule is Fc1ccc(-c2ncccc2-c2cc[nH]c2)c(F)c1. The Morgan fingerprint density at radius 3 is 2.63 bits per heavy atom. The highest BCUT2D eigenvalue weighted by Crippen LogP contribution is 2.31. The molecular weight excluding hydrogens is 246 g/mol. The van der Waals surface area contributed by atoms with Crippen molar-refractivity contribution in [2.75, 3.05) is 0 Å². The third-order valence-corrected chi connectivity index (χ3v) is 2.90. The van der Waals surface area contributed by atoms with Crippen molar-refractivity contribution in [1.29, 1.82) is 0 Å². The molecule has 0 saturated carbocycles. The Morgan fingerprint density at radius 2 is 1.89 bits per heavy atom. The topological polar surface area (TPSA) is 28.7 Å². The fourth-order valence-electron chi connectivity index (χ4n) is 2.03. The van der Waals surface area contributed by atoms with Crippen molar-refractivity contribution in [1.82, 2.24) is 9.97 Å². The van der Waals surface area contributed by atoms with Gasteiger partial charge >= 0.3 is 0 Å². The van der Waals surface area contributed by atoms with Crippen LogP contribution in [0.25, 0.3) is 22.4 Å². The molecule has 0 saturated heterocycles. The first-order chi connectivity index (χ1) is 9.25. The van der Waals surface area contributed by atoms with Gasteiger partial charge in [0.25, 0.3) is 0 Å². The predicted molar refractivity (Wildman–Crippen MR) is 69.4 cm³/mol. The minimum absolute atomic E-state index is 0.290. The fourth-order valence-corrected chi connectivity index (χ4v) is 2.03. The van der Waals surface area contributed by atoms with Crippen LogP contribution < -0.4 is 0 Å². The second kappa shape index (κ2) is 4.65. The largest absolute Gasteiger partial charge is 0.367 e. The summed E-state index contributed by atoms with van der Waals surface area (Å²) in [5, 5.41) is 0. The molecule has 0 radical (unpaired) electrons. The number of rotatable bonds is 2. The first-order valence-electron chi connectivity index (χ1n) is 5.79. The van der Waals surface area contributed by atoms with Crippen molar-refractivity contribution < 1.29 is 8.78 Å². The second-order valence-electron chi connectivity index (χ2n) is 4.12. The number of H-pyrrole nitrogens is 1. The highest BCUT2D eigenvalue weighted by atomic mass is 19.1. The van der Waals surface area contributed by atoms with Gasteiger partial charge in [-0.3, -0.25) is 4.98 Å². The summed E-state index contributed by atoms with van der Waals surface area (Å²) in [6.45, 7) is 0. The standard InChI is InChI=1S/C15H10F2N2/c16-11-3-4-13(14(17)8-11)15-12(2-1-6-19-15)10-5-7-18-9-10/h1-9,18H. The van der Waals surface area contributed by atoms with Crippen LogP contribution in [0.2, 0.25) is 0 Å². The van der Waals surface area contributed by atoms with Gasteiger partial charge in [-0.2, -0.15) is 0 Å². The van der Waals surface area contributed by atoms with Crippen molar-refractivity contribution in [3.63, 3.8) is 0 Å². The van der Waals surface area contributed by atoms with E-state index in [-0.39, 0.29) is 0 Å². The van der Waals surface area contributed by atoms with Crippen LogP contribution in [0.1, 0.15) is 0 Å². The normalized spacial score (nSPS) is 10.6. The number of pyridine rings is 1. The number of hydrogen-bond donors (Lipinski definition) is 1. The summed E-state index contributed by atoms with van der Waals surface area (Å²) in [5.41, 5.74) is 2.50. The Kier molecular flexibility index (Phi) is 2.83. The van der Waals surface area contributed by atoms with E-state index < -0.39 is 11.6 Å². The van der Waals surface area contributed by atoms with Crippen LogP contribution in [0.5, 0.6) is 0 Å². The summed E-state index contributed by atoms with van der Waals surface area (Å²) >= 11 is 0. The number of aromatic nitrogens is 2. The molecule has 0 fully saturated rings. The lowest BCUT2D eigenvalue weighted by molar-refractivity contribution is 0.585. The van der Waals surface area contributed by atoms with Gasteiger partial charge in [0.1, 0.15) is 11.6 Å². The van der Waals surface area contributed by atoms with Crippen LogP contribution in [0.15, 0.2) is 55.0 Å². The molecule has 2 nitrogen and oxygen atoms in total. The van der Waals surface area contributed by atoms with Gasteiger partial charge in [-0.05, 0) is 24.3 Å². The lowest BCUT2D eigenvalue weighted by Gasteiger charge is -2.08. The van der Waals surface area contributed by atoms with Gasteiger partial charge in [0.15, 0.2) is 0 Å². The van der Waals surface area contributed by atoms with Crippen LogP contribution in [0.4, 0.5) is 8.78 Å². The summed E-state index contributed by atoms with van der Waals surface area (Å²) in [7, 11) is 0. The Balaban J connectivity index is 2.21. The summed E-state index contributed by atoms with van der Waals surface area (Å²) in [6.07, 6.45) is 5.18. The van der Waals surface area contributed by atoms with Gasteiger partial charge in [0.2, 0.25) is 0 Å². The number of benzene rings is 1. The first-order valence-corrected chi connectivity index (χ1v) is 5.79. The van der Waals surface area contributed by atoms with Crippen LogP contribution in [-0.2, 0) is 0 Å².